The van der Waals surface area contributed by atoms with Crippen molar-refractivity contribution in [3.63, 3.8) is 0 Å². The summed E-state index contributed by atoms with van der Waals surface area (Å²) < 4.78 is 19.5. The minimum Gasteiger partial charge on any atom is -0.507 e. The number of aromatic hydroxyl groups is 1. The van der Waals surface area contributed by atoms with Crippen molar-refractivity contribution in [1.82, 2.24) is 4.90 Å². The zero-order valence-corrected chi connectivity index (χ0v) is 20.0. The Morgan fingerprint density at radius 1 is 1.21 bits per heavy atom. The zero-order chi connectivity index (χ0) is 23.6. The molecular formula is C29H34FNO2. The first-order valence-electron chi connectivity index (χ1n) is 12.0. The van der Waals surface area contributed by atoms with E-state index in [2.05, 4.69) is 37.7 Å². The van der Waals surface area contributed by atoms with Crippen LogP contribution in [-0.4, -0.2) is 35.2 Å². The van der Waals surface area contributed by atoms with Crippen LogP contribution in [0.5, 0.6) is 11.5 Å². The van der Waals surface area contributed by atoms with Gasteiger partial charge >= 0.3 is 0 Å². The van der Waals surface area contributed by atoms with Crippen LogP contribution >= 0.6 is 0 Å². The van der Waals surface area contributed by atoms with Gasteiger partial charge in [0.15, 0.2) is 0 Å². The lowest BCUT2D eigenvalue weighted by molar-refractivity contribution is 0.131. The Balaban J connectivity index is 1.47. The maximum atomic E-state index is 13.1. The number of benzene rings is 2. The molecule has 3 nitrogen and oxygen atoms in total. The van der Waals surface area contributed by atoms with Crippen LogP contribution in [-0.2, 0) is 6.42 Å². The second-order valence-electron chi connectivity index (χ2n) is 9.92. The van der Waals surface area contributed by atoms with Crippen molar-refractivity contribution < 1.29 is 14.2 Å². The monoisotopic (exact) mass is 447 g/mol. The third-order valence-electron chi connectivity index (χ3n) is 7.07. The van der Waals surface area contributed by atoms with Crippen molar-refractivity contribution in [1.29, 1.82) is 0 Å². The summed E-state index contributed by atoms with van der Waals surface area (Å²) in [4.78, 5) is 2.25. The van der Waals surface area contributed by atoms with Gasteiger partial charge in [-0.15, -0.1) is 6.42 Å². The van der Waals surface area contributed by atoms with Crippen LogP contribution in [0.2, 0.25) is 0 Å². The molecule has 1 unspecified atom stereocenters. The highest BCUT2D eigenvalue weighted by molar-refractivity contribution is 5.82. The highest BCUT2D eigenvalue weighted by Crippen LogP contribution is 2.49. The largest absolute Gasteiger partial charge is 0.507 e. The fourth-order valence-corrected chi connectivity index (χ4v) is 5.20. The molecule has 4 rings (SSSR count). The van der Waals surface area contributed by atoms with Crippen LogP contribution in [0.25, 0.3) is 5.57 Å². The molecule has 0 saturated heterocycles. The van der Waals surface area contributed by atoms with Crippen LogP contribution in [0.4, 0.5) is 4.39 Å². The Kier molecular flexibility index (Phi) is 6.81. The van der Waals surface area contributed by atoms with E-state index in [-0.39, 0.29) is 5.82 Å². The number of nitrogens with zero attached hydrogens (tertiary/aromatic N) is 1. The van der Waals surface area contributed by atoms with Gasteiger partial charge < -0.3 is 9.84 Å². The van der Waals surface area contributed by atoms with E-state index in [0.29, 0.717) is 18.2 Å². The Hall–Kier alpha value is -2.77. The fraction of sp³-hybridized carbons (Fsp3) is 0.448. The molecule has 174 valence electrons. The predicted octanol–water partition coefficient (Wildman–Crippen LogP) is 6.31. The Morgan fingerprint density at radius 3 is 2.70 bits per heavy atom. The molecule has 2 heterocycles. The molecule has 2 aliphatic heterocycles. The molecule has 0 spiro atoms. The number of phenols is 1. The summed E-state index contributed by atoms with van der Waals surface area (Å²) in [6.45, 7) is 8.70. The lowest BCUT2D eigenvalue weighted by Crippen LogP contribution is -2.42. The smallest absolute Gasteiger partial charge is 0.132 e. The van der Waals surface area contributed by atoms with Gasteiger partial charge in [0, 0.05) is 13.1 Å². The first kappa shape index (κ1) is 23.4. The first-order chi connectivity index (χ1) is 15.8. The van der Waals surface area contributed by atoms with Crippen LogP contribution < -0.4 is 4.74 Å². The number of unbranched alkanes of at least 4 members (excludes halogenated alkanes) is 1. The summed E-state index contributed by atoms with van der Waals surface area (Å²) in [5.41, 5.74) is 5.14. The van der Waals surface area contributed by atoms with Gasteiger partial charge in [-0.05, 0) is 92.0 Å². The fourth-order valence-electron chi connectivity index (χ4n) is 5.20. The van der Waals surface area contributed by atoms with E-state index < -0.39 is 5.60 Å². The Labute approximate surface area is 197 Å². The van der Waals surface area contributed by atoms with Crippen molar-refractivity contribution in [3.05, 3.63) is 64.5 Å². The summed E-state index contributed by atoms with van der Waals surface area (Å²) in [5.74, 6) is 3.93. The summed E-state index contributed by atoms with van der Waals surface area (Å²) in [6, 6.07) is 10.8. The first-order valence-corrected chi connectivity index (χ1v) is 12.0. The number of hydrogen-bond donors (Lipinski definition) is 1. The van der Waals surface area contributed by atoms with Gasteiger partial charge in [-0.25, -0.2) is 4.39 Å². The van der Waals surface area contributed by atoms with Crippen LogP contribution in [0.1, 0.15) is 69.1 Å². The molecule has 0 bridgehead atoms. The number of ether oxygens (including phenoxy) is 1. The molecule has 0 aliphatic carbocycles. The van der Waals surface area contributed by atoms with E-state index in [4.69, 9.17) is 11.2 Å². The Morgan fingerprint density at radius 2 is 1.97 bits per heavy atom. The van der Waals surface area contributed by atoms with E-state index in [1.54, 1.807) is 0 Å². The minimum atomic E-state index is -0.395. The Bertz CT molecular complexity index is 1080. The van der Waals surface area contributed by atoms with Crippen molar-refractivity contribution in [2.24, 2.45) is 0 Å². The van der Waals surface area contributed by atoms with Gasteiger partial charge in [0.2, 0.25) is 0 Å². The van der Waals surface area contributed by atoms with Crippen molar-refractivity contribution in [2.45, 2.75) is 64.4 Å². The molecule has 2 aromatic carbocycles. The summed E-state index contributed by atoms with van der Waals surface area (Å²) >= 11 is 0. The van der Waals surface area contributed by atoms with Crippen LogP contribution in [0.3, 0.4) is 0 Å². The predicted molar refractivity (Wildman–Crippen MR) is 132 cm³/mol. The molecule has 0 aromatic heterocycles. The quantitative estimate of drug-likeness (QED) is 0.399. The lowest BCUT2D eigenvalue weighted by atomic mass is 9.80. The number of aryl methyl sites for hydroxylation is 1. The van der Waals surface area contributed by atoms with E-state index in [1.807, 2.05) is 18.2 Å². The van der Waals surface area contributed by atoms with E-state index in [9.17, 15) is 9.50 Å². The molecular weight excluding hydrogens is 413 g/mol. The summed E-state index contributed by atoms with van der Waals surface area (Å²) in [5, 5.41) is 11.1. The third-order valence-corrected chi connectivity index (χ3v) is 7.07. The molecule has 1 N–H and O–H groups in total. The zero-order valence-electron chi connectivity index (χ0n) is 20.0. The maximum Gasteiger partial charge on any atom is 0.132 e. The SMILES string of the molecule is C#CCN1CCC2=C(C1)c1c(O)cc(C(C)CCCCc3ccc(F)cc3)cc1OC2(C)C. The molecule has 2 aromatic rings. The molecule has 33 heavy (non-hydrogen) atoms. The summed E-state index contributed by atoms with van der Waals surface area (Å²) in [6.07, 6.45) is 10.5. The normalized spacial score (nSPS) is 18.2. The van der Waals surface area contributed by atoms with E-state index >= 15 is 0 Å². The minimum absolute atomic E-state index is 0.190. The lowest BCUT2D eigenvalue weighted by Gasteiger charge is -2.42. The molecule has 0 amide bonds. The van der Waals surface area contributed by atoms with E-state index in [0.717, 1.165) is 62.1 Å². The number of terminal acetylenes is 1. The second-order valence-corrected chi connectivity index (χ2v) is 9.92. The van der Waals surface area contributed by atoms with E-state index in [1.165, 1.54) is 28.8 Å². The van der Waals surface area contributed by atoms with Crippen molar-refractivity contribution >= 4 is 5.57 Å². The average molecular weight is 448 g/mol. The highest BCUT2D eigenvalue weighted by Gasteiger charge is 2.39. The van der Waals surface area contributed by atoms with Gasteiger partial charge in [0.05, 0.1) is 12.1 Å². The molecule has 0 fully saturated rings. The number of halogens is 1. The van der Waals surface area contributed by atoms with Gasteiger partial charge in [0.25, 0.3) is 0 Å². The van der Waals surface area contributed by atoms with Crippen LogP contribution in [0, 0.1) is 18.2 Å². The molecule has 0 radical (unpaired) electrons. The van der Waals surface area contributed by atoms with Crippen LogP contribution in [0.15, 0.2) is 42.0 Å². The average Bonchev–Trinajstić information content (AvgIpc) is 2.77. The highest BCUT2D eigenvalue weighted by atomic mass is 19.1. The second kappa shape index (κ2) is 9.61. The maximum absolute atomic E-state index is 13.1. The van der Waals surface area contributed by atoms with Gasteiger partial charge in [-0.3, -0.25) is 4.90 Å². The molecule has 1 atom stereocenters. The van der Waals surface area contributed by atoms with Crippen molar-refractivity contribution in [2.75, 3.05) is 19.6 Å². The van der Waals surface area contributed by atoms with Gasteiger partial charge in [-0.1, -0.05) is 31.4 Å². The molecule has 0 saturated carbocycles. The topological polar surface area (TPSA) is 32.7 Å². The number of hydrogen-bond acceptors (Lipinski definition) is 3. The summed E-state index contributed by atoms with van der Waals surface area (Å²) in [7, 11) is 0. The number of rotatable bonds is 7. The third kappa shape index (κ3) is 5.09. The van der Waals surface area contributed by atoms with Gasteiger partial charge in [-0.2, -0.15) is 0 Å². The standard InChI is InChI=1S/C29H34FNO2/c1-5-15-31-16-14-25-24(19-31)28-26(32)17-22(18-27(28)33-29(25,3)4)20(2)8-6-7-9-21-10-12-23(30)13-11-21/h1,10-13,17-18,20,32H,6-9,14-16,19H2,2-4H3. The van der Waals surface area contributed by atoms with Gasteiger partial charge in [0.1, 0.15) is 22.9 Å². The number of phenolic OH excluding ortho intramolecular Hbond substituents is 1. The number of fused-ring (bicyclic) bond motifs is 2. The molecule has 4 heteroatoms. The molecule has 2 aliphatic rings. The van der Waals surface area contributed by atoms with Crippen molar-refractivity contribution in [3.8, 4) is 23.8 Å².